The Kier molecular flexibility index (Phi) is 8.32. The lowest BCUT2D eigenvalue weighted by Crippen LogP contribution is -2.25. The quantitative estimate of drug-likeness (QED) is 0.281. The molecular weight excluding hydrogens is 494 g/mol. The highest BCUT2D eigenvalue weighted by Crippen LogP contribution is 2.24. The number of hydrogen-bond acceptors (Lipinski definition) is 5. The first-order valence-electron chi connectivity index (χ1n) is 12.5. The topological polar surface area (TPSA) is 88.9 Å². The van der Waals surface area contributed by atoms with Gasteiger partial charge in [-0.1, -0.05) is 68.9 Å². The fourth-order valence-corrected chi connectivity index (χ4v) is 4.74. The number of aryl methyl sites for hydroxylation is 2. The molecule has 3 aromatic carbocycles. The molecule has 196 valence electrons. The Bertz CT molecular complexity index is 1440. The summed E-state index contributed by atoms with van der Waals surface area (Å²) in [5.41, 5.74) is 5.56. The van der Waals surface area contributed by atoms with Gasteiger partial charge in [-0.2, -0.15) is 0 Å². The SMILES string of the molecule is Cc1cccc(NC(=O)CSc2nnc(CNC(=O)c3ccc(C(C)(C)C)cc3)n2-c2cccc(C)c2)c1. The van der Waals surface area contributed by atoms with Crippen molar-refractivity contribution >= 4 is 29.3 Å². The molecule has 0 saturated carbocycles. The zero-order chi connectivity index (χ0) is 27.3. The monoisotopic (exact) mass is 527 g/mol. The molecule has 2 amide bonds. The molecule has 0 aliphatic heterocycles. The normalized spacial score (nSPS) is 11.3. The third-order valence-corrected chi connectivity index (χ3v) is 6.94. The van der Waals surface area contributed by atoms with Crippen molar-refractivity contribution in [3.05, 3.63) is 101 Å². The van der Waals surface area contributed by atoms with E-state index in [1.807, 2.05) is 91.2 Å². The average molecular weight is 528 g/mol. The molecule has 1 aromatic heterocycles. The van der Waals surface area contributed by atoms with Crippen LogP contribution in [0.5, 0.6) is 0 Å². The molecule has 0 fully saturated rings. The Balaban J connectivity index is 1.49. The van der Waals surface area contributed by atoms with E-state index in [2.05, 4.69) is 41.6 Å². The number of thioether (sulfide) groups is 1. The molecule has 7 nitrogen and oxygen atoms in total. The second kappa shape index (κ2) is 11.6. The second-order valence-electron chi connectivity index (χ2n) is 10.3. The summed E-state index contributed by atoms with van der Waals surface area (Å²) < 4.78 is 1.89. The largest absolute Gasteiger partial charge is 0.345 e. The van der Waals surface area contributed by atoms with Gasteiger partial charge >= 0.3 is 0 Å². The van der Waals surface area contributed by atoms with E-state index in [9.17, 15) is 9.59 Å². The maximum absolute atomic E-state index is 12.9. The number of nitrogens with zero attached hydrogens (tertiary/aromatic N) is 3. The highest BCUT2D eigenvalue weighted by Gasteiger charge is 2.18. The molecule has 4 rings (SSSR count). The van der Waals surface area contributed by atoms with Gasteiger partial charge in [0.15, 0.2) is 11.0 Å². The van der Waals surface area contributed by atoms with Crippen LogP contribution < -0.4 is 10.6 Å². The number of rotatable bonds is 8. The standard InChI is InChI=1S/C30H33N5O2S/c1-20-8-6-10-24(16-20)32-27(36)19-38-29-34-33-26(35(29)25-11-7-9-21(2)17-25)18-31-28(37)22-12-14-23(15-13-22)30(3,4)5/h6-17H,18-19H2,1-5H3,(H,31,37)(H,32,36). The van der Waals surface area contributed by atoms with Crippen molar-refractivity contribution in [2.45, 2.75) is 51.7 Å². The van der Waals surface area contributed by atoms with Crippen molar-refractivity contribution in [1.82, 2.24) is 20.1 Å². The molecule has 8 heteroatoms. The lowest BCUT2D eigenvalue weighted by Gasteiger charge is -2.19. The Morgan fingerprint density at radius 1 is 0.895 bits per heavy atom. The van der Waals surface area contributed by atoms with E-state index in [1.54, 1.807) is 0 Å². The van der Waals surface area contributed by atoms with E-state index in [-0.39, 0.29) is 29.5 Å². The van der Waals surface area contributed by atoms with Gasteiger partial charge < -0.3 is 10.6 Å². The number of hydrogen-bond donors (Lipinski definition) is 2. The fraction of sp³-hybridized carbons (Fsp3) is 0.267. The molecular formula is C30H33N5O2S. The number of carbonyl (C=O) groups excluding carboxylic acids is 2. The lowest BCUT2D eigenvalue weighted by atomic mass is 9.87. The number of benzene rings is 3. The van der Waals surface area contributed by atoms with Crippen molar-refractivity contribution in [3.63, 3.8) is 0 Å². The van der Waals surface area contributed by atoms with E-state index in [4.69, 9.17) is 0 Å². The van der Waals surface area contributed by atoms with Crippen molar-refractivity contribution in [2.75, 3.05) is 11.1 Å². The predicted octanol–water partition coefficient (Wildman–Crippen LogP) is 5.84. The average Bonchev–Trinajstić information content (AvgIpc) is 3.28. The van der Waals surface area contributed by atoms with Crippen LogP contribution in [0.3, 0.4) is 0 Å². The molecule has 0 unspecified atom stereocenters. The highest BCUT2D eigenvalue weighted by molar-refractivity contribution is 7.99. The van der Waals surface area contributed by atoms with Gasteiger partial charge in [0.25, 0.3) is 5.91 Å². The molecule has 0 radical (unpaired) electrons. The van der Waals surface area contributed by atoms with Crippen LogP contribution in [0.25, 0.3) is 5.69 Å². The smallest absolute Gasteiger partial charge is 0.251 e. The predicted molar refractivity (Wildman–Crippen MR) is 153 cm³/mol. The number of carbonyl (C=O) groups is 2. The molecule has 0 bridgehead atoms. The minimum atomic E-state index is -0.184. The first-order chi connectivity index (χ1) is 18.1. The Labute approximate surface area is 228 Å². The van der Waals surface area contributed by atoms with E-state index in [1.165, 1.54) is 17.3 Å². The molecule has 0 saturated heterocycles. The zero-order valence-electron chi connectivity index (χ0n) is 22.4. The number of aromatic nitrogens is 3. The summed E-state index contributed by atoms with van der Waals surface area (Å²) in [7, 11) is 0. The van der Waals surface area contributed by atoms with Gasteiger partial charge in [-0.05, 0) is 72.4 Å². The van der Waals surface area contributed by atoms with Crippen LogP contribution in [0.1, 0.15) is 53.6 Å². The molecule has 2 N–H and O–H groups in total. The van der Waals surface area contributed by atoms with E-state index >= 15 is 0 Å². The maximum Gasteiger partial charge on any atom is 0.251 e. The lowest BCUT2D eigenvalue weighted by molar-refractivity contribution is -0.113. The van der Waals surface area contributed by atoms with Crippen LogP contribution in [0, 0.1) is 13.8 Å². The molecule has 38 heavy (non-hydrogen) atoms. The van der Waals surface area contributed by atoms with Crippen LogP contribution in [0.2, 0.25) is 0 Å². The van der Waals surface area contributed by atoms with Crippen molar-refractivity contribution in [1.29, 1.82) is 0 Å². The van der Waals surface area contributed by atoms with Gasteiger partial charge in [0.1, 0.15) is 0 Å². The molecule has 1 heterocycles. The van der Waals surface area contributed by atoms with Gasteiger partial charge in [0, 0.05) is 16.9 Å². The molecule has 0 aliphatic rings. The Morgan fingerprint density at radius 3 is 2.24 bits per heavy atom. The van der Waals surface area contributed by atoms with Crippen molar-refractivity contribution < 1.29 is 9.59 Å². The summed E-state index contributed by atoms with van der Waals surface area (Å²) in [6.07, 6.45) is 0. The summed E-state index contributed by atoms with van der Waals surface area (Å²) in [6, 6.07) is 23.3. The van der Waals surface area contributed by atoms with Crippen LogP contribution in [-0.2, 0) is 16.8 Å². The first-order valence-corrected chi connectivity index (χ1v) is 13.5. The number of nitrogens with one attached hydrogen (secondary N) is 2. The third-order valence-electron chi connectivity index (χ3n) is 6.01. The van der Waals surface area contributed by atoms with Gasteiger partial charge in [0.05, 0.1) is 12.3 Å². The summed E-state index contributed by atoms with van der Waals surface area (Å²) in [6.45, 7) is 10.6. The van der Waals surface area contributed by atoms with Crippen LogP contribution in [0.15, 0.2) is 78.0 Å². The second-order valence-corrected chi connectivity index (χ2v) is 11.2. The summed E-state index contributed by atoms with van der Waals surface area (Å²) in [5, 5.41) is 15.2. The van der Waals surface area contributed by atoms with Crippen LogP contribution in [0.4, 0.5) is 5.69 Å². The highest BCUT2D eigenvalue weighted by atomic mass is 32.2. The van der Waals surface area contributed by atoms with Gasteiger partial charge in [-0.25, -0.2) is 0 Å². The first kappa shape index (κ1) is 27.1. The molecule has 4 aromatic rings. The molecule has 0 spiro atoms. The Morgan fingerprint density at radius 2 is 1.58 bits per heavy atom. The summed E-state index contributed by atoms with van der Waals surface area (Å²) in [4.78, 5) is 25.5. The van der Waals surface area contributed by atoms with Crippen LogP contribution >= 0.6 is 11.8 Å². The van der Waals surface area contributed by atoms with Crippen molar-refractivity contribution in [2.24, 2.45) is 0 Å². The van der Waals surface area contributed by atoms with Gasteiger partial charge in [0.2, 0.25) is 5.91 Å². The molecule has 0 aliphatic carbocycles. The minimum absolute atomic E-state index is 0.0181. The maximum atomic E-state index is 12.9. The van der Waals surface area contributed by atoms with E-state index < -0.39 is 0 Å². The fourth-order valence-electron chi connectivity index (χ4n) is 3.97. The van der Waals surface area contributed by atoms with E-state index in [0.717, 1.165) is 22.5 Å². The molecule has 0 atom stereocenters. The number of anilines is 1. The van der Waals surface area contributed by atoms with Gasteiger partial charge in [-0.15, -0.1) is 10.2 Å². The van der Waals surface area contributed by atoms with Crippen LogP contribution in [-0.4, -0.2) is 32.3 Å². The minimum Gasteiger partial charge on any atom is -0.345 e. The third kappa shape index (κ3) is 6.89. The van der Waals surface area contributed by atoms with E-state index in [0.29, 0.717) is 16.5 Å². The Hall–Kier alpha value is -3.91. The zero-order valence-corrected chi connectivity index (χ0v) is 23.2. The summed E-state index contributed by atoms with van der Waals surface area (Å²) in [5.74, 6) is 0.436. The summed E-state index contributed by atoms with van der Waals surface area (Å²) >= 11 is 1.30. The number of amides is 2. The van der Waals surface area contributed by atoms with Gasteiger partial charge in [-0.3, -0.25) is 14.2 Å². The van der Waals surface area contributed by atoms with Crippen molar-refractivity contribution in [3.8, 4) is 5.69 Å².